The van der Waals surface area contributed by atoms with Gasteiger partial charge in [-0.05, 0) is 102 Å². The van der Waals surface area contributed by atoms with Gasteiger partial charge in [0.15, 0.2) is 5.78 Å². The molecule has 0 saturated heterocycles. The SMILES string of the molecule is C=C(OCCCC)/C(C#N)=C/C(C)(C)C.CC(=O)/C(C#N)=C/C(C)(C)C.CC(C)(C)/C=C(\C#N)c1nc2ccccc2s1.CC1=N/C(=C\C(C)(C)C)C(=O)N1C.CN1C(=O)/C(=C/C(C)(C)C)N=C1c1ccccc1.Cc1ccc2nc(/C(C#N)=C/C(C)(C)C)sc2c1. The van der Waals surface area contributed by atoms with Crippen LogP contribution >= 0.6 is 22.7 Å². The van der Waals surface area contributed by atoms with Crippen molar-refractivity contribution in [2.24, 2.45) is 42.5 Å². The number of allylic oxidation sites excluding steroid dienone is 10. The lowest BCUT2D eigenvalue weighted by Crippen LogP contribution is -2.28. The summed E-state index contributed by atoms with van der Waals surface area (Å²) in [7, 11) is 3.50. The maximum atomic E-state index is 12.1. The van der Waals surface area contributed by atoms with Crippen molar-refractivity contribution in [1.29, 1.82) is 21.0 Å². The highest BCUT2D eigenvalue weighted by molar-refractivity contribution is 7.20. The zero-order valence-corrected chi connectivity index (χ0v) is 60.8. The molecule has 0 unspecified atom stereocenters. The number of benzene rings is 3. The quantitative estimate of drug-likeness (QED) is 0.0447. The highest BCUT2D eigenvalue weighted by Crippen LogP contribution is 2.33. The van der Waals surface area contributed by atoms with Crippen LogP contribution in [0.3, 0.4) is 0 Å². The zero-order chi connectivity index (χ0) is 70.3. The van der Waals surface area contributed by atoms with Gasteiger partial charge in [0.25, 0.3) is 11.8 Å². The molecule has 5 aromatic rings. The van der Waals surface area contributed by atoms with E-state index >= 15 is 0 Å². The highest BCUT2D eigenvalue weighted by Gasteiger charge is 2.29. The number of hydrogen-bond donors (Lipinski definition) is 0. The second-order valence-corrected chi connectivity index (χ2v) is 30.8. The van der Waals surface area contributed by atoms with E-state index in [1.165, 1.54) is 12.5 Å². The molecule has 0 saturated carbocycles. The summed E-state index contributed by atoms with van der Waals surface area (Å²) in [6, 6.07) is 32.4. The summed E-state index contributed by atoms with van der Waals surface area (Å²) in [6.07, 6.45) is 13.4. The van der Waals surface area contributed by atoms with E-state index in [2.05, 4.69) is 148 Å². The first kappa shape index (κ1) is 79.4. The Labute approximate surface area is 558 Å². The number of hydrogen-bond acceptors (Lipinski definition) is 14. The summed E-state index contributed by atoms with van der Waals surface area (Å²) >= 11 is 3.15. The molecule has 14 nitrogen and oxygen atoms in total. The lowest BCUT2D eigenvalue weighted by Gasteiger charge is -2.14. The van der Waals surface area contributed by atoms with Crippen molar-refractivity contribution in [2.75, 3.05) is 20.7 Å². The molecule has 0 radical (unpaired) electrons. The summed E-state index contributed by atoms with van der Waals surface area (Å²) in [4.78, 5) is 55.3. The van der Waals surface area contributed by atoms with Gasteiger partial charge < -0.3 is 4.74 Å². The van der Waals surface area contributed by atoms with Gasteiger partial charge in [-0.2, -0.15) is 21.0 Å². The minimum atomic E-state index is -0.164. The molecule has 7 rings (SSSR count). The Morgan fingerprint density at radius 1 is 0.565 bits per heavy atom. The van der Waals surface area contributed by atoms with Gasteiger partial charge in [-0.25, -0.2) is 20.0 Å². The Morgan fingerprint density at radius 3 is 1.40 bits per heavy atom. The van der Waals surface area contributed by atoms with Gasteiger partial charge in [0.2, 0.25) is 0 Å². The van der Waals surface area contributed by atoms with Crippen LogP contribution in [0.1, 0.15) is 179 Å². The Bertz CT molecular complexity index is 3810. The molecule has 0 spiro atoms. The predicted octanol–water partition coefficient (Wildman–Crippen LogP) is 19.3. The van der Waals surface area contributed by atoms with Crippen LogP contribution in [0.4, 0.5) is 0 Å². The number of ketones is 1. The number of amides is 2. The zero-order valence-electron chi connectivity index (χ0n) is 59.1. The lowest BCUT2D eigenvalue weighted by atomic mass is 9.93. The molecule has 2 aliphatic heterocycles. The number of amidine groups is 2. The van der Waals surface area contributed by atoms with E-state index < -0.39 is 0 Å². The number of thiazole rings is 2. The van der Waals surface area contributed by atoms with Crippen LogP contribution < -0.4 is 0 Å². The predicted molar refractivity (Wildman–Crippen MR) is 384 cm³/mol. The van der Waals surface area contributed by atoms with Gasteiger partial charge in [0.05, 0.1) is 49.3 Å². The molecule has 0 N–H and O–H groups in total. The van der Waals surface area contributed by atoms with Crippen molar-refractivity contribution in [3.8, 4) is 24.3 Å². The smallest absolute Gasteiger partial charge is 0.277 e. The standard InChI is InChI=1S/C15H18N2O.C15H16N2S.C14H14N2S.C13H21NO.C10H16N2O.C9H13NO/c1-15(2,3)10-12-14(18)17(4)13(16-12)11-8-6-5-7-9-11;1-10-5-6-12-13(7-10)18-14(17-12)11(9-16)8-15(2,3)4;1-14(2,3)8-10(9-15)13-16-11-6-4-5-7-12(11)17-13;1-6-7-8-15-11(2)12(10-14)9-13(3,4)5;1-7-11-8(6-10(2,3)4)9(13)12(7)5;1-7(11)8(6-10)5-9(2,3)4/h5-10H,1-4H3;5-8H,1-4H3;4-8H,1-3H3;9H,2,6-8H2,1,3-5H3;6H,1-5H3;5H,1-4H3/b12-10-;11-8+;10-8+;12-9+;8-6-;8-5+. The van der Waals surface area contributed by atoms with Crippen molar-refractivity contribution in [3.63, 3.8) is 0 Å². The Hall–Kier alpha value is -8.67. The van der Waals surface area contributed by atoms with Crippen molar-refractivity contribution in [2.45, 2.75) is 165 Å². The van der Waals surface area contributed by atoms with Crippen LogP contribution in [0.15, 0.2) is 154 Å². The third-order valence-electron chi connectivity index (χ3n) is 12.1. The van der Waals surface area contributed by atoms with Crippen molar-refractivity contribution in [1.82, 2.24) is 19.8 Å². The molecule has 16 heteroatoms. The number of nitriles is 4. The average molecular weight is 1280 g/mol. The molecule has 0 bridgehead atoms. The second kappa shape index (κ2) is 34.7. The number of likely N-dealkylation sites (N-methyl/N-ethyl adjacent to an activating group) is 2. The Balaban J connectivity index is 0.000000379. The van der Waals surface area contributed by atoms with Gasteiger partial charge >= 0.3 is 0 Å². The molecule has 2 amide bonds. The third kappa shape index (κ3) is 29.1. The minimum Gasteiger partial charge on any atom is -0.493 e. The molecule has 2 aliphatic rings. The maximum absolute atomic E-state index is 12.1. The van der Waals surface area contributed by atoms with Gasteiger partial charge in [0.1, 0.15) is 63.1 Å². The van der Waals surface area contributed by atoms with Gasteiger partial charge in [-0.1, -0.05) is 217 Å². The highest BCUT2D eigenvalue weighted by atomic mass is 32.1. The van der Waals surface area contributed by atoms with E-state index in [0.29, 0.717) is 40.5 Å². The third-order valence-corrected chi connectivity index (χ3v) is 14.2. The van der Waals surface area contributed by atoms with E-state index in [1.54, 1.807) is 52.6 Å². The monoisotopic (exact) mass is 1280 g/mol. The molecule has 2 aromatic heterocycles. The summed E-state index contributed by atoms with van der Waals surface area (Å²) in [5, 5.41) is 37.6. The fraction of sp³-hybridized carbons (Fsp3) is 0.434. The van der Waals surface area contributed by atoms with Gasteiger partial charge in [0, 0.05) is 19.7 Å². The van der Waals surface area contributed by atoms with Gasteiger partial charge in [-0.15, -0.1) is 22.7 Å². The molecule has 488 valence electrons. The number of aliphatic imine (C=N–C) groups is 2. The minimum absolute atomic E-state index is 0.0000463. The average Bonchev–Trinajstić information content (AvgIpc) is 1.75. The first-order valence-corrected chi connectivity index (χ1v) is 32.3. The van der Waals surface area contributed by atoms with Crippen LogP contribution in [-0.4, -0.2) is 69.7 Å². The summed E-state index contributed by atoms with van der Waals surface area (Å²) < 4.78 is 7.66. The number of fused-ring (bicyclic) bond motifs is 2. The number of rotatable bonds is 9. The normalized spacial score (nSPS) is 14.9. The number of ether oxygens (including phenoxy) is 1. The molecule has 3 aromatic carbocycles. The Morgan fingerprint density at radius 2 is 1.00 bits per heavy atom. The van der Waals surface area contributed by atoms with E-state index in [-0.39, 0.29) is 55.7 Å². The number of aryl methyl sites for hydroxylation is 1. The molecule has 0 atom stereocenters. The van der Waals surface area contributed by atoms with E-state index in [4.69, 9.17) is 15.3 Å². The number of carbonyl (C=O) groups is 3. The fourth-order valence-corrected chi connectivity index (χ4v) is 9.89. The van der Waals surface area contributed by atoms with Crippen molar-refractivity contribution in [3.05, 3.63) is 165 Å². The lowest BCUT2D eigenvalue weighted by molar-refractivity contribution is -0.122. The molecular weight excluding hydrogens is 1180 g/mol. The van der Waals surface area contributed by atoms with Crippen molar-refractivity contribution >= 4 is 83.5 Å². The summed E-state index contributed by atoms with van der Waals surface area (Å²) in [5.74, 6) is 1.76. The maximum Gasteiger partial charge on any atom is 0.277 e. The van der Waals surface area contributed by atoms with Crippen LogP contribution in [-0.2, 0) is 19.1 Å². The number of nitrogens with zero attached hydrogens (tertiary/aromatic N) is 10. The summed E-state index contributed by atoms with van der Waals surface area (Å²) in [6.45, 7) is 48.6. The van der Waals surface area contributed by atoms with E-state index in [0.717, 1.165) is 60.5 Å². The molecular formula is C76H98N10O4S2. The van der Waals surface area contributed by atoms with E-state index in [1.807, 2.05) is 152 Å². The van der Waals surface area contributed by atoms with Gasteiger partial charge in [-0.3, -0.25) is 24.2 Å². The Kier molecular flexibility index (Phi) is 29.9. The van der Waals surface area contributed by atoms with Crippen LogP contribution in [0.2, 0.25) is 0 Å². The number of para-hydroxylation sites is 1. The first-order chi connectivity index (χ1) is 42.3. The first-order valence-electron chi connectivity index (χ1n) is 30.6. The fourth-order valence-electron chi connectivity index (χ4n) is 7.93. The van der Waals surface area contributed by atoms with Crippen LogP contribution in [0, 0.1) is 84.7 Å². The van der Waals surface area contributed by atoms with Crippen LogP contribution in [0.25, 0.3) is 31.6 Å². The van der Waals surface area contributed by atoms with Crippen LogP contribution in [0.5, 0.6) is 0 Å². The number of carbonyl (C=O) groups excluding carboxylic acids is 3. The molecule has 4 heterocycles. The second-order valence-electron chi connectivity index (χ2n) is 28.8. The van der Waals surface area contributed by atoms with E-state index in [9.17, 15) is 24.9 Å². The number of Topliss-reactive ketones (excluding diaryl/α,β-unsaturated/α-hetero) is 1. The molecule has 0 aliphatic carbocycles. The number of aromatic nitrogens is 2. The molecule has 92 heavy (non-hydrogen) atoms. The van der Waals surface area contributed by atoms with Crippen molar-refractivity contribution < 1.29 is 19.1 Å². The summed E-state index contributed by atoms with van der Waals surface area (Å²) in [5.41, 5.74) is 7.12. The number of unbranched alkanes of at least 4 members (excludes halogenated alkanes) is 1. The molecule has 0 fully saturated rings. The topological polar surface area (TPSA) is 213 Å². The largest absolute Gasteiger partial charge is 0.493 e.